The highest BCUT2D eigenvalue weighted by Gasteiger charge is 2.52. The summed E-state index contributed by atoms with van der Waals surface area (Å²) < 4.78 is 0. The second-order valence-corrected chi connectivity index (χ2v) is 6.21. The monoisotopic (exact) mass is 245 g/mol. The highest BCUT2D eigenvalue weighted by molar-refractivity contribution is 9.09. The van der Waals surface area contributed by atoms with Gasteiger partial charge in [0, 0.05) is 23.8 Å². The van der Waals surface area contributed by atoms with Crippen molar-refractivity contribution < 1.29 is 4.79 Å². The normalized spacial score (nSPS) is 36.4. The van der Waals surface area contributed by atoms with Gasteiger partial charge in [0.15, 0.2) is 0 Å². The van der Waals surface area contributed by atoms with Gasteiger partial charge in [0.05, 0.1) is 0 Å². The van der Waals surface area contributed by atoms with E-state index in [-0.39, 0.29) is 5.41 Å². The van der Waals surface area contributed by atoms with Gasteiger partial charge in [-0.25, -0.2) is 0 Å². The Morgan fingerprint density at radius 2 is 2.15 bits per heavy atom. The number of carbonyl (C=O) groups excluding carboxylic acids is 1. The lowest BCUT2D eigenvalue weighted by Crippen LogP contribution is -2.31. The van der Waals surface area contributed by atoms with Crippen molar-refractivity contribution in [1.82, 2.24) is 4.90 Å². The SMILES string of the molecule is CC1(C)CC1C(=O)N1CCC(Br)C1. The summed E-state index contributed by atoms with van der Waals surface area (Å²) in [7, 11) is 0. The summed E-state index contributed by atoms with van der Waals surface area (Å²) in [6.07, 6.45) is 2.19. The molecule has 1 aliphatic heterocycles. The molecule has 0 aromatic heterocycles. The number of rotatable bonds is 1. The molecular weight excluding hydrogens is 230 g/mol. The van der Waals surface area contributed by atoms with Crippen molar-refractivity contribution >= 4 is 21.8 Å². The zero-order chi connectivity index (χ0) is 9.64. The Bertz CT molecular complexity index is 239. The molecule has 1 aliphatic carbocycles. The lowest BCUT2D eigenvalue weighted by molar-refractivity contribution is -0.132. The van der Waals surface area contributed by atoms with Crippen LogP contribution in [-0.4, -0.2) is 28.7 Å². The number of likely N-dealkylation sites (tertiary alicyclic amines) is 1. The Kier molecular flexibility index (Phi) is 2.17. The molecule has 1 saturated carbocycles. The third-order valence-electron chi connectivity index (χ3n) is 3.25. The summed E-state index contributed by atoms with van der Waals surface area (Å²) >= 11 is 3.55. The third kappa shape index (κ3) is 1.76. The lowest BCUT2D eigenvalue weighted by atomic mass is 10.1. The van der Waals surface area contributed by atoms with E-state index in [1.807, 2.05) is 4.90 Å². The minimum absolute atomic E-state index is 0.279. The molecule has 0 spiro atoms. The molecule has 2 unspecified atom stereocenters. The molecule has 2 fully saturated rings. The van der Waals surface area contributed by atoms with Gasteiger partial charge in [-0.1, -0.05) is 29.8 Å². The summed E-state index contributed by atoms with van der Waals surface area (Å²) in [6, 6.07) is 0. The molecule has 0 bridgehead atoms. The van der Waals surface area contributed by atoms with E-state index in [1.54, 1.807) is 0 Å². The number of alkyl halides is 1. The maximum atomic E-state index is 11.9. The summed E-state index contributed by atoms with van der Waals surface area (Å²) in [5.41, 5.74) is 0.279. The van der Waals surface area contributed by atoms with Gasteiger partial charge in [-0.15, -0.1) is 0 Å². The molecule has 13 heavy (non-hydrogen) atoms. The van der Waals surface area contributed by atoms with Gasteiger partial charge >= 0.3 is 0 Å². The third-order valence-corrected chi connectivity index (χ3v) is 4.00. The molecule has 1 heterocycles. The summed E-state index contributed by atoms with van der Waals surface area (Å²) in [5, 5.41) is 0. The van der Waals surface area contributed by atoms with Gasteiger partial charge < -0.3 is 4.90 Å². The Labute approximate surface area is 87.8 Å². The van der Waals surface area contributed by atoms with Crippen molar-refractivity contribution in [2.75, 3.05) is 13.1 Å². The van der Waals surface area contributed by atoms with Crippen LogP contribution in [0.5, 0.6) is 0 Å². The molecule has 1 amide bonds. The molecule has 2 atom stereocenters. The van der Waals surface area contributed by atoms with Crippen molar-refractivity contribution in [3.8, 4) is 0 Å². The molecule has 2 aliphatic rings. The van der Waals surface area contributed by atoms with Crippen LogP contribution < -0.4 is 0 Å². The maximum absolute atomic E-state index is 11.9. The van der Waals surface area contributed by atoms with E-state index < -0.39 is 0 Å². The number of hydrogen-bond acceptors (Lipinski definition) is 1. The van der Waals surface area contributed by atoms with Crippen molar-refractivity contribution in [2.45, 2.75) is 31.5 Å². The van der Waals surface area contributed by atoms with Crippen molar-refractivity contribution in [3.63, 3.8) is 0 Å². The average molecular weight is 246 g/mol. The highest BCUT2D eigenvalue weighted by atomic mass is 79.9. The lowest BCUT2D eigenvalue weighted by Gasteiger charge is -2.16. The van der Waals surface area contributed by atoms with Gasteiger partial charge in [-0.3, -0.25) is 4.79 Å². The molecule has 0 radical (unpaired) electrons. The van der Waals surface area contributed by atoms with E-state index in [0.29, 0.717) is 16.7 Å². The Morgan fingerprint density at radius 3 is 2.54 bits per heavy atom. The Hall–Kier alpha value is -0.0500. The van der Waals surface area contributed by atoms with Gasteiger partial charge in [-0.2, -0.15) is 0 Å². The van der Waals surface area contributed by atoms with Crippen LogP contribution in [0.1, 0.15) is 26.7 Å². The number of hydrogen-bond donors (Lipinski definition) is 0. The zero-order valence-electron chi connectivity index (χ0n) is 8.22. The van der Waals surface area contributed by atoms with Gasteiger partial charge in [0.25, 0.3) is 0 Å². The zero-order valence-corrected chi connectivity index (χ0v) is 9.80. The molecule has 3 heteroatoms. The summed E-state index contributed by atoms with van der Waals surface area (Å²) in [4.78, 5) is 14.4. The Balaban J connectivity index is 1.92. The summed E-state index contributed by atoms with van der Waals surface area (Å²) in [6.45, 7) is 6.21. The van der Waals surface area contributed by atoms with Crippen LogP contribution in [0, 0.1) is 11.3 Å². The number of nitrogens with zero attached hydrogens (tertiary/aromatic N) is 1. The summed E-state index contributed by atoms with van der Waals surface area (Å²) in [5.74, 6) is 0.692. The predicted octanol–water partition coefficient (Wildman–Crippen LogP) is 2.03. The van der Waals surface area contributed by atoms with E-state index >= 15 is 0 Å². The second kappa shape index (κ2) is 2.97. The largest absolute Gasteiger partial charge is 0.341 e. The predicted molar refractivity (Wildman–Crippen MR) is 55.8 cm³/mol. The molecule has 0 aromatic rings. The fourth-order valence-corrected chi connectivity index (χ4v) is 2.58. The second-order valence-electron chi connectivity index (χ2n) is 4.92. The van der Waals surface area contributed by atoms with E-state index in [0.717, 1.165) is 25.9 Å². The average Bonchev–Trinajstić information content (AvgIpc) is 2.47. The van der Waals surface area contributed by atoms with Crippen LogP contribution in [0.2, 0.25) is 0 Å². The van der Waals surface area contributed by atoms with E-state index in [1.165, 1.54) is 0 Å². The first-order chi connectivity index (χ1) is 6.00. The van der Waals surface area contributed by atoms with Gasteiger partial charge in [0.2, 0.25) is 5.91 Å². The fourth-order valence-electron chi connectivity index (χ4n) is 2.03. The topological polar surface area (TPSA) is 20.3 Å². The van der Waals surface area contributed by atoms with Crippen molar-refractivity contribution in [1.29, 1.82) is 0 Å². The highest BCUT2D eigenvalue weighted by Crippen LogP contribution is 2.52. The van der Waals surface area contributed by atoms with E-state index in [4.69, 9.17) is 0 Å². The first-order valence-electron chi connectivity index (χ1n) is 4.93. The Morgan fingerprint density at radius 1 is 1.54 bits per heavy atom. The van der Waals surface area contributed by atoms with Crippen LogP contribution in [0.25, 0.3) is 0 Å². The molecule has 0 N–H and O–H groups in total. The van der Waals surface area contributed by atoms with Crippen LogP contribution in [-0.2, 0) is 4.79 Å². The van der Waals surface area contributed by atoms with E-state index in [2.05, 4.69) is 29.8 Å². The first-order valence-corrected chi connectivity index (χ1v) is 5.85. The molecule has 74 valence electrons. The minimum Gasteiger partial charge on any atom is -0.341 e. The number of amides is 1. The van der Waals surface area contributed by atoms with Crippen molar-refractivity contribution in [3.05, 3.63) is 0 Å². The van der Waals surface area contributed by atoms with Gasteiger partial charge in [-0.05, 0) is 18.3 Å². The van der Waals surface area contributed by atoms with Crippen LogP contribution in [0.15, 0.2) is 0 Å². The van der Waals surface area contributed by atoms with E-state index in [9.17, 15) is 4.79 Å². The first kappa shape index (κ1) is 9.50. The van der Waals surface area contributed by atoms with Crippen molar-refractivity contribution in [2.24, 2.45) is 11.3 Å². The molecule has 1 saturated heterocycles. The van der Waals surface area contributed by atoms with Crippen LogP contribution in [0.4, 0.5) is 0 Å². The quantitative estimate of drug-likeness (QED) is 0.648. The van der Waals surface area contributed by atoms with Crippen LogP contribution >= 0.6 is 15.9 Å². The molecule has 2 nitrogen and oxygen atoms in total. The molecule has 2 rings (SSSR count). The number of halogens is 1. The maximum Gasteiger partial charge on any atom is 0.226 e. The van der Waals surface area contributed by atoms with Crippen LogP contribution in [0.3, 0.4) is 0 Å². The minimum atomic E-state index is 0.279. The van der Waals surface area contributed by atoms with Gasteiger partial charge in [0.1, 0.15) is 0 Å². The standard InChI is InChI=1S/C10H16BrNO/c1-10(2)5-8(10)9(13)12-4-3-7(11)6-12/h7-8H,3-6H2,1-2H3. The molecular formula is C10H16BrNO. The molecule has 0 aromatic carbocycles. The number of carbonyl (C=O) groups is 1. The fraction of sp³-hybridized carbons (Fsp3) is 0.900. The smallest absolute Gasteiger partial charge is 0.226 e.